The quantitative estimate of drug-likeness (QED) is 0.715. The van der Waals surface area contributed by atoms with E-state index in [1.807, 2.05) is 25.1 Å². The number of benzene rings is 1. The molecule has 0 unspecified atom stereocenters. The third kappa shape index (κ3) is 6.59. The van der Waals surface area contributed by atoms with Gasteiger partial charge in [0.15, 0.2) is 0 Å². The molecule has 1 aliphatic heterocycles. The molecule has 8 heteroatoms. The smallest absolute Gasteiger partial charge is 0.251 e. The van der Waals surface area contributed by atoms with Crippen LogP contribution in [0.2, 0.25) is 0 Å². The highest BCUT2D eigenvalue weighted by molar-refractivity contribution is 7.89. The highest BCUT2D eigenvalue weighted by Crippen LogP contribution is 2.19. The van der Waals surface area contributed by atoms with E-state index in [2.05, 4.69) is 19.9 Å². The lowest BCUT2D eigenvalue weighted by Gasteiger charge is -2.32. The molecule has 0 atom stereocenters. The summed E-state index contributed by atoms with van der Waals surface area (Å²) in [6.07, 6.45) is 3.50. The molecule has 1 amide bonds. The summed E-state index contributed by atoms with van der Waals surface area (Å²) in [5.41, 5.74) is 1.59. The Morgan fingerprint density at radius 1 is 1.16 bits per heavy atom. The monoisotopic (exact) mass is 444 g/mol. The van der Waals surface area contributed by atoms with Crippen molar-refractivity contribution in [2.75, 3.05) is 13.1 Å². The van der Waals surface area contributed by atoms with Gasteiger partial charge in [0.1, 0.15) is 0 Å². The van der Waals surface area contributed by atoms with Crippen LogP contribution in [0.3, 0.4) is 0 Å². The second kappa shape index (κ2) is 9.46. The second-order valence-corrected chi connectivity index (χ2v) is 10.9. The number of hydrogen-bond acceptors (Lipinski definition) is 5. The van der Waals surface area contributed by atoms with Crippen molar-refractivity contribution in [2.45, 2.75) is 63.6 Å². The zero-order valence-corrected chi connectivity index (χ0v) is 19.5. The van der Waals surface area contributed by atoms with Crippen LogP contribution < -0.4 is 10.0 Å². The molecule has 1 aliphatic rings. The highest BCUT2D eigenvalue weighted by Gasteiger charge is 2.25. The van der Waals surface area contributed by atoms with Gasteiger partial charge in [-0.1, -0.05) is 12.1 Å². The number of amides is 1. The summed E-state index contributed by atoms with van der Waals surface area (Å²) in [4.78, 5) is 19.7. The standard InChI is InChI=1S/C23H32N4O3S/c1-17-8-9-20(31(29,30)26-23(2,3)4)15-21(17)22(28)25-18-10-13-27(14-11-18)16-19-7-5-6-12-24-19/h5-9,12,15,18,26H,10-11,13-14,16H2,1-4H3,(H,25,28). The van der Waals surface area contributed by atoms with Crippen LogP contribution >= 0.6 is 0 Å². The van der Waals surface area contributed by atoms with E-state index in [0.717, 1.165) is 43.7 Å². The lowest BCUT2D eigenvalue weighted by atomic mass is 10.0. The second-order valence-electron chi connectivity index (χ2n) is 9.18. The number of aryl methyl sites for hydroxylation is 1. The molecule has 1 fully saturated rings. The molecule has 31 heavy (non-hydrogen) atoms. The summed E-state index contributed by atoms with van der Waals surface area (Å²) in [7, 11) is -3.70. The Kier molecular flexibility index (Phi) is 7.13. The normalized spacial score (nSPS) is 16.3. The van der Waals surface area contributed by atoms with Crippen LogP contribution in [0, 0.1) is 6.92 Å². The van der Waals surface area contributed by atoms with Gasteiger partial charge in [0.2, 0.25) is 10.0 Å². The predicted molar refractivity (Wildman–Crippen MR) is 121 cm³/mol. The van der Waals surface area contributed by atoms with Gasteiger partial charge in [-0.2, -0.15) is 0 Å². The summed E-state index contributed by atoms with van der Waals surface area (Å²) < 4.78 is 27.9. The van der Waals surface area contributed by atoms with Crippen molar-refractivity contribution < 1.29 is 13.2 Å². The van der Waals surface area contributed by atoms with Crippen molar-refractivity contribution >= 4 is 15.9 Å². The number of piperidine rings is 1. The Morgan fingerprint density at radius 2 is 1.87 bits per heavy atom. The number of hydrogen-bond donors (Lipinski definition) is 2. The highest BCUT2D eigenvalue weighted by atomic mass is 32.2. The van der Waals surface area contributed by atoms with Crippen molar-refractivity contribution in [3.8, 4) is 0 Å². The van der Waals surface area contributed by atoms with E-state index in [-0.39, 0.29) is 16.8 Å². The predicted octanol–water partition coefficient (Wildman–Crippen LogP) is 2.86. The average molecular weight is 445 g/mol. The van der Waals surface area contributed by atoms with Gasteiger partial charge in [-0.05, 0) is 70.4 Å². The summed E-state index contributed by atoms with van der Waals surface area (Å²) in [6.45, 7) is 9.74. The van der Waals surface area contributed by atoms with E-state index in [1.54, 1.807) is 33.0 Å². The molecular weight excluding hydrogens is 412 g/mol. The molecule has 7 nitrogen and oxygen atoms in total. The lowest BCUT2D eigenvalue weighted by Crippen LogP contribution is -2.44. The Bertz CT molecular complexity index is 1010. The van der Waals surface area contributed by atoms with Crippen molar-refractivity contribution in [3.05, 3.63) is 59.4 Å². The number of nitrogens with one attached hydrogen (secondary N) is 2. The molecule has 2 aromatic rings. The van der Waals surface area contributed by atoms with Crippen LogP contribution in [0.5, 0.6) is 0 Å². The number of nitrogens with zero attached hydrogens (tertiary/aromatic N) is 2. The molecule has 0 radical (unpaired) electrons. The van der Waals surface area contributed by atoms with Gasteiger partial charge in [-0.3, -0.25) is 14.7 Å². The van der Waals surface area contributed by atoms with Gasteiger partial charge in [0.05, 0.1) is 10.6 Å². The van der Waals surface area contributed by atoms with Gasteiger partial charge < -0.3 is 5.32 Å². The SMILES string of the molecule is Cc1ccc(S(=O)(=O)NC(C)(C)C)cc1C(=O)NC1CCN(Cc2ccccn2)CC1. The topological polar surface area (TPSA) is 91.4 Å². The summed E-state index contributed by atoms with van der Waals surface area (Å²) in [5, 5.41) is 3.09. The number of aromatic nitrogens is 1. The summed E-state index contributed by atoms with van der Waals surface area (Å²) >= 11 is 0. The van der Waals surface area contributed by atoms with Crippen LogP contribution in [0.4, 0.5) is 0 Å². The van der Waals surface area contributed by atoms with Crippen LogP contribution in [0.15, 0.2) is 47.5 Å². The third-order valence-corrected chi connectivity index (χ3v) is 6.99. The van der Waals surface area contributed by atoms with Gasteiger partial charge >= 0.3 is 0 Å². The molecule has 0 aliphatic carbocycles. The first-order valence-electron chi connectivity index (χ1n) is 10.6. The fraction of sp³-hybridized carbons (Fsp3) is 0.478. The first-order chi connectivity index (χ1) is 14.5. The van der Waals surface area contributed by atoms with E-state index in [9.17, 15) is 13.2 Å². The molecule has 2 heterocycles. The zero-order chi connectivity index (χ0) is 22.6. The van der Waals surface area contributed by atoms with Gasteiger partial charge in [0, 0.05) is 43.0 Å². The number of carbonyl (C=O) groups is 1. The fourth-order valence-corrected chi connectivity index (χ4v) is 5.14. The Balaban J connectivity index is 1.62. The van der Waals surface area contributed by atoms with Crippen LogP contribution in [-0.4, -0.2) is 48.9 Å². The molecule has 0 spiro atoms. The number of rotatable bonds is 6. The summed E-state index contributed by atoms with van der Waals surface area (Å²) in [5.74, 6) is -0.228. The van der Waals surface area contributed by atoms with E-state index in [1.165, 1.54) is 12.1 Å². The van der Waals surface area contributed by atoms with Gasteiger partial charge in [-0.15, -0.1) is 0 Å². The summed E-state index contributed by atoms with van der Waals surface area (Å²) in [6, 6.07) is 10.7. The lowest BCUT2D eigenvalue weighted by molar-refractivity contribution is 0.0907. The maximum absolute atomic E-state index is 12.9. The number of pyridine rings is 1. The molecule has 0 bridgehead atoms. The molecule has 2 N–H and O–H groups in total. The van der Waals surface area contributed by atoms with Crippen LogP contribution in [0.1, 0.15) is 55.2 Å². The zero-order valence-electron chi connectivity index (χ0n) is 18.7. The van der Waals surface area contributed by atoms with Crippen molar-refractivity contribution in [1.29, 1.82) is 0 Å². The van der Waals surface area contributed by atoms with Crippen molar-refractivity contribution in [3.63, 3.8) is 0 Å². The Hall–Kier alpha value is -2.29. The van der Waals surface area contributed by atoms with E-state index in [4.69, 9.17) is 0 Å². The maximum atomic E-state index is 12.9. The fourth-order valence-electron chi connectivity index (χ4n) is 3.69. The molecule has 3 rings (SSSR count). The molecule has 168 valence electrons. The first-order valence-corrected chi connectivity index (χ1v) is 12.1. The Morgan fingerprint density at radius 3 is 2.48 bits per heavy atom. The Labute approximate surface area is 185 Å². The van der Waals surface area contributed by atoms with Crippen LogP contribution in [0.25, 0.3) is 0 Å². The minimum Gasteiger partial charge on any atom is -0.349 e. The molecule has 1 aromatic carbocycles. The van der Waals surface area contributed by atoms with E-state index < -0.39 is 15.6 Å². The average Bonchev–Trinajstić information content (AvgIpc) is 2.68. The van der Waals surface area contributed by atoms with Gasteiger partial charge in [-0.25, -0.2) is 13.1 Å². The molecule has 0 saturated carbocycles. The van der Waals surface area contributed by atoms with Crippen LogP contribution in [-0.2, 0) is 16.6 Å². The minimum absolute atomic E-state index is 0.0693. The largest absolute Gasteiger partial charge is 0.349 e. The number of likely N-dealkylation sites (tertiary alicyclic amines) is 1. The van der Waals surface area contributed by atoms with Gasteiger partial charge in [0.25, 0.3) is 5.91 Å². The first kappa shape index (κ1) is 23.4. The van der Waals surface area contributed by atoms with E-state index in [0.29, 0.717) is 5.56 Å². The molecular formula is C23H32N4O3S. The number of sulfonamides is 1. The third-order valence-electron chi connectivity index (χ3n) is 5.24. The minimum atomic E-state index is -3.70. The van der Waals surface area contributed by atoms with E-state index >= 15 is 0 Å². The van der Waals surface area contributed by atoms with Crippen molar-refractivity contribution in [1.82, 2.24) is 19.9 Å². The molecule has 1 aromatic heterocycles. The van der Waals surface area contributed by atoms with Crippen molar-refractivity contribution in [2.24, 2.45) is 0 Å². The molecule has 1 saturated heterocycles. The maximum Gasteiger partial charge on any atom is 0.251 e. The number of carbonyl (C=O) groups excluding carboxylic acids is 1.